The maximum Gasteiger partial charge on any atom is 0.366 e. The van der Waals surface area contributed by atoms with Crippen LogP contribution in [0.15, 0.2) is 45.7 Å². The average molecular weight is 434 g/mol. The molecule has 2 heterocycles. The number of ether oxygens (including phenoxy) is 2. The molecule has 3 aromatic rings. The minimum atomic E-state index is -2.11. The van der Waals surface area contributed by atoms with Gasteiger partial charge < -0.3 is 24.4 Å². The number of amides is 1. The van der Waals surface area contributed by atoms with E-state index in [1.807, 2.05) is 26.0 Å². The molecule has 0 radical (unpaired) electrons. The van der Waals surface area contributed by atoms with Gasteiger partial charge >= 0.3 is 5.63 Å². The van der Waals surface area contributed by atoms with Crippen LogP contribution in [-0.2, 0) is 10.2 Å². The molecule has 8 heteroatoms. The van der Waals surface area contributed by atoms with E-state index in [-0.39, 0.29) is 13.2 Å². The van der Waals surface area contributed by atoms with Crippen LogP contribution < -0.4 is 20.4 Å². The van der Waals surface area contributed by atoms with Crippen LogP contribution in [0.3, 0.4) is 0 Å². The van der Waals surface area contributed by atoms with Crippen molar-refractivity contribution in [3.05, 3.63) is 58.1 Å². The molecule has 1 aliphatic rings. The summed E-state index contributed by atoms with van der Waals surface area (Å²) >= 11 is 0. The molecule has 1 aromatic heterocycles. The van der Waals surface area contributed by atoms with Crippen LogP contribution in [0.1, 0.15) is 31.5 Å². The maximum absolute atomic E-state index is 13.0. The Labute approximate surface area is 184 Å². The summed E-state index contributed by atoms with van der Waals surface area (Å²) in [6.07, 6.45) is 5.54. The van der Waals surface area contributed by atoms with Crippen molar-refractivity contribution >= 4 is 22.4 Å². The highest BCUT2D eigenvalue weighted by Crippen LogP contribution is 2.44. The number of rotatable bonds is 5. The number of fused-ring (bicyclic) bond motifs is 2. The first-order valence-corrected chi connectivity index (χ1v) is 9.96. The molecule has 1 amide bonds. The van der Waals surface area contributed by atoms with E-state index in [9.17, 15) is 14.7 Å². The van der Waals surface area contributed by atoms with E-state index in [1.54, 1.807) is 19.1 Å². The van der Waals surface area contributed by atoms with E-state index < -0.39 is 22.5 Å². The van der Waals surface area contributed by atoms with Gasteiger partial charge in [-0.25, -0.2) is 4.79 Å². The van der Waals surface area contributed by atoms with Crippen LogP contribution in [0, 0.1) is 19.3 Å². The lowest BCUT2D eigenvalue weighted by Crippen LogP contribution is -2.46. The highest BCUT2D eigenvalue weighted by molar-refractivity contribution is 6.01. The molecule has 2 aromatic carbocycles. The van der Waals surface area contributed by atoms with E-state index >= 15 is 0 Å². The number of hydrogen-bond acceptors (Lipinski definition) is 7. The average Bonchev–Trinajstić information content (AvgIpc) is 3.25. The summed E-state index contributed by atoms with van der Waals surface area (Å²) in [7, 11) is 0. The van der Waals surface area contributed by atoms with E-state index in [0.717, 1.165) is 5.56 Å². The maximum atomic E-state index is 13.0. The number of anilines is 1. The van der Waals surface area contributed by atoms with Crippen molar-refractivity contribution in [3.63, 3.8) is 0 Å². The second kappa shape index (κ2) is 7.70. The number of aromatic nitrogens is 1. The SMILES string of the molecule is C#CC(O)(CC(C)(C)c1cccc2c1OCO2)C(=O)Nc1ccc2c(=O)onc(C)c2c1. The first-order valence-electron chi connectivity index (χ1n) is 9.96. The van der Waals surface area contributed by atoms with Gasteiger partial charge in [0, 0.05) is 23.1 Å². The topological polar surface area (TPSA) is 111 Å². The third-order valence-corrected chi connectivity index (χ3v) is 5.59. The van der Waals surface area contributed by atoms with Gasteiger partial charge in [0.2, 0.25) is 12.4 Å². The van der Waals surface area contributed by atoms with Crippen molar-refractivity contribution in [1.29, 1.82) is 0 Å². The van der Waals surface area contributed by atoms with Gasteiger partial charge in [-0.1, -0.05) is 37.1 Å². The number of aryl methyl sites for hydroxylation is 1. The van der Waals surface area contributed by atoms with Crippen molar-refractivity contribution in [1.82, 2.24) is 5.16 Å². The van der Waals surface area contributed by atoms with Crippen molar-refractivity contribution in [2.75, 3.05) is 12.1 Å². The lowest BCUT2D eigenvalue weighted by molar-refractivity contribution is -0.130. The van der Waals surface area contributed by atoms with Gasteiger partial charge in [-0.05, 0) is 36.6 Å². The second-order valence-electron chi connectivity index (χ2n) is 8.37. The van der Waals surface area contributed by atoms with E-state index in [4.69, 9.17) is 20.4 Å². The highest BCUT2D eigenvalue weighted by atomic mass is 16.7. The van der Waals surface area contributed by atoms with Gasteiger partial charge in [-0.3, -0.25) is 4.79 Å². The van der Waals surface area contributed by atoms with Crippen LogP contribution >= 0.6 is 0 Å². The molecule has 1 unspecified atom stereocenters. The fourth-order valence-electron chi connectivity index (χ4n) is 3.94. The van der Waals surface area contributed by atoms with Gasteiger partial charge in [-0.15, -0.1) is 6.42 Å². The molecule has 0 saturated carbocycles. The molecule has 1 aliphatic heterocycles. The standard InChI is InChI=1S/C24H22N2O6/c1-5-24(29,12-23(3,4)18-7-6-8-19-20(18)31-13-30-19)22(28)25-15-9-10-16-17(11-15)14(2)26-32-21(16)27/h1,6-11,29H,12-13H2,2-4H3,(H,25,28). The Balaban J connectivity index is 1.61. The van der Waals surface area contributed by atoms with Gasteiger partial charge in [0.25, 0.3) is 5.91 Å². The van der Waals surface area contributed by atoms with Crippen LogP contribution in [0.25, 0.3) is 10.8 Å². The van der Waals surface area contributed by atoms with Gasteiger partial charge in [0.15, 0.2) is 11.5 Å². The van der Waals surface area contributed by atoms with E-state index in [0.29, 0.717) is 33.7 Å². The number of carbonyl (C=O) groups excluding carboxylic acids is 1. The summed E-state index contributed by atoms with van der Waals surface area (Å²) in [5.74, 6) is 2.67. The van der Waals surface area contributed by atoms with Crippen molar-refractivity contribution < 1.29 is 23.9 Å². The van der Waals surface area contributed by atoms with E-state index in [2.05, 4.69) is 16.4 Å². The zero-order valence-corrected chi connectivity index (χ0v) is 17.9. The van der Waals surface area contributed by atoms with E-state index in [1.165, 1.54) is 12.1 Å². The van der Waals surface area contributed by atoms with Gasteiger partial charge in [-0.2, -0.15) is 0 Å². The number of hydrogen-bond donors (Lipinski definition) is 2. The number of benzene rings is 2. The first-order chi connectivity index (χ1) is 15.1. The number of nitrogens with zero attached hydrogens (tertiary/aromatic N) is 1. The van der Waals surface area contributed by atoms with Crippen molar-refractivity contribution in [2.45, 2.75) is 38.2 Å². The molecule has 0 saturated heterocycles. The van der Waals surface area contributed by atoms with Crippen LogP contribution in [0.4, 0.5) is 5.69 Å². The largest absolute Gasteiger partial charge is 0.454 e. The minimum Gasteiger partial charge on any atom is -0.454 e. The number of para-hydroxylation sites is 1. The quantitative estimate of drug-likeness (QED) is 0.594. The molecule has 0 fully saturated rings. The normalized spacial score (nSPS) is 14.6. The zero-order chi connectivity index (χ0) is 23.1. The van der Waals surface area contributed by atoms with Crippen LogP contribution in [-0.4, -0.2) is 28.6 Å². The molecular formula is C24H22N2O6. The van der Waals surface area contributed by atoms with Gasteiger partial charge in [0.1, 0.15) is 0 Å². The Bertz CT molecular complexity index is 1320. The summed E-state index contributed by atoms with van der Waals surface area (Å²) in [5, 5.41) is 18.3. The Morgan fingerprint density at radius 1 is 1.25 bits per heavy atom. The highest BCUT2D eigenvalue weighted by Gasteiger charge is 2.42. The summed E-state index contributed by atoms with van der Waals surface area (Å²) < 4.78 is 15.7. The Hall–Kier alpha value is -3.83. The number of carbonyl (C=O) groups is 1. The summed E-state index contributed by atoms with van der Waals surface area (Å²) in [5.41, 5.74) is -1.78. The summed E-state index contributed by atoms with van der Waals surface area (Å²) in [6, 6.07) is 10.1. The third kappa shape index (κ3) is 3.67. The molecule has 0 bridgehead atoms. The number of aliphatic hydroxyl groups is 1. The molecule has 0 spiro atoms. The lowest BCUT2D eigenvalue weighted by Gasteiger charge is -2.33. The molecule has 164 valence electrons. The predicted molar refractivity (Wildman–Crippen MR) is 118 cm³/mol. The number of terminal acetylenes is 1. The molecule has 4 rings (SSSR count). The fourth-order valence-corrected chi connectivity index (χ4v) is 3.94. The molecule has 0 aliphatic carbocycles. The predicted octanol–water partition coefficient (Wildman–Crippen LogP) is 2.90. The third-order valence-electron chi connectivity index (χ3n) is 5.59. The van der Waals surface area contributed by atoms with Crippen LogP contribution in [0.2, 0.25) is 0 Å². The fraction of sp³-hybridized carbons (Fsp3) is 0.292. The monoisotopic (exact) mass is 434 g/mol. The van der Waals surface area contributed by atoms with Crippen molar-refractivity contribution in [2.24, 2.45) is 0 Å². The molecule has 2 N–H and O–H groups in total. The zero-order valence-electron chi connectivity index (χ0n) is 17.9. The van der Waals surface area contributed by atoms with Gasteiger partial charge in [0.05, 0.1) is 11.1 Å². The first kappa shape index (κ1) is 21.4. The molecular weight excluding hydrogens is 412 g/mol. The number of nitrogens with one attached hydrogen (secondary N) is 1. The molecule has 32 heavy (non-hydrogen) atoms. The Morgan fingerprint density at radius 3 is 2.78 bits per heavy atom. The van der Waals surface area contributed by atoms with Crippen LogP contribution in [0.5, 0.6) is 11.5 Å². The minimum absolute atomic E-state index is 0.0695. The Kier molecular flexibility index (Phi) is 5.15. The summed E-state index contributed by atoms with van der Waals surface area (Å²) in [4.78, 5) is 24.9. The lowest BCUT2D eigenvalue weighted by atomic mass is 9.74. The smallest absolute Gasteiger partial charge is 0.366 e. The summed E-state index contributed by atoms with van der Waals surface area (Å²) in [6.45, 7) is 5.52. The Morgan fingerprint density at radius 2 is 2.03 bits per heavy atom. The molecule has 8 nitrogen and oxygen atoms in total. The molecule has 1 atom stereocenters. The van der Waals surface area contributed by atoms with Crippen molar-refractivity contribution in [3.8, 4) is 23.8 Å². The second-order valence-corrected chi connectivity index (χ2v) is 8.37.